The number of H-pyrrole nitrogens is 2. The van der Waals surface area contributed by atoms with Gasteiger partial charge in [-0.1, -0.05) is 27.7 Å². The number of hydrogen-bond acceptors (Lipinski definition) is 10. The summed E-state index contributed by atoms with van der Waals surface area (Å²) in [4.78, 5) is 75.2. The van der Waals surface area contributed by atoms with E-state index in [-0.39, 0.29) is 60.5 Å². The highest BCUT2D eigenvalue weighted by molar-refractivity contribution is 7.25. The Morgan fingerprint density at radius 3 is 1.41 bits per heavy atom. The molecule has 0 radical (unpaired) electrons. The van der Waals surface area contributed by atoms with Crippen molar-refractivity contribution in [3.63, 3.8) is 0 Å². The number of alkyl carbamates (subject to hydrolysis) is 2. The molecule has 0 aromatic carbocycles. The van der Waals surface area contributed by atoms with E-state index in [0.717, 1.165) is 68.2 Å². The van der Waals surface area contributed by atoms with Crippen LogP contribution in [0.25, 0.3) is 30.9 Å². The van der Waals surface area contributed by atoms with Crippen LogP contribution in [-0.4, -0.2) is 93.1 Å². The number of likely N-dealkylation sites (tertiary alicyclic amines) is 2. The molecule has 2 aliphatic rings. The molecule has 1 unspecified atom stereocenters. The van der Waals surface area contributed by atoms with Crippen LogP contribution < -0.4 is 10.6 Å². The number of hydrogen-bond donors (Lipinski definition) is 4. The molecule has 14 nitrogen and oxygen atoms in total. The number of imidazole rings is 2. The quantitative estimate of drug-likeness (QED) is 0.123. The first kappa shape index (κ1) is 42.6. The lowest BCUT2D eigenvalue weighted by molar-refractivity contribution is -0.136. The van der Waals surface area contributed by atoms with Crippen molar-refractivity contribution in [3.05, 3.63) is 48.3 Å². The second kappa shape index (κ2) is 18.5. The van der Waals surface area contributed by atoms with Crippen molar-refractivity contribution in [2.24, 2.45) is 11.8 Å². The number of amides is 4. The van der Waals surface area contributed by atoms with Crippen molar-refractivity contribution >= 4 is 71.5 Å². The molecule has 0 spiro atoms. The van der Waals surface area contributed by atoms with E-state index in [0.29, 0.717) is 13.1 Å². The van der Waals surface area contributed by atoms with Gasteiger partial charge < -0.3 is 39.9 Å². The zero-order chi connectivity index (χ0) is 37.1. The van der Waals surface area contributed by atoms with Crippen molar-refractivity contribution in [1.29, 1.82) is 0 Å². The number of nitrogens with zero attached hydrogens (tertiary/aromatic N) is 4. The Morgan fingerprint density at radius 1 is 0.685 bits per heavy atom. The highest BCUT2D eigenvalue weighted by atomic mass is 35.5. The standard InChI is InChI=1S/C36H46N8O6S2.2ClH/c1-19(2)29(41-35(47)49-5)33(45)43-15-7-9-23(43)31-37-17-21(39-31)25-11-13-27(51-25)28-14-12-26(52-28)22-18-38-32(40-22)24-10-8-16-44(24)34(46)30(20(3)4)42-36(48)50-6;;/h11-14,17-20,23-24,29-30H,7-10,15-16H2,1-6H3,(H,37,39)(H,38,40)(H,41,47)(H,42,48);2*1H/t23-,24-,29-,30?;;/m0../s1. The molecule has 4 amide bonds. The Bertz CT molecular complexity index is 1770. The van der Waals surface area contributed by atoms with Crippen molar-refractivity contribution in [2.45, 2.75) is 77.5 Å². The Morgan fingerprint density at radius 2 is 1.06 bits per heavy atom. The monoisotopic (exact) mass is 822 g/mol. The lowest BCUT2D eigenvalue weighted by Crippen LogP contribution is -2.51. The van der Waals surface area contributed by atoms with E-state index in [1.807, 2.05) is 49.9 Å². The summed E-state index contributed by atoms with van der Waals surface area (Å²) >= 11 is 3.31. The second-order valence-electron chi connectivity index (χ2n) is 13.8. The predicted molar refractivity (Wildman–Crippen MR) is 213 cm³/mol. The van der Waals surface area contributed by atoms with Crippen LogP contribution in [0.15, 0.2) is 36.7 Å². The lowest BCUT2D eigenvalue weighted by Gasteiger charge is -2.30. The molecule has 18 heteroatoms. The number of aromatic amines is 2. The fraction of sp³-hybridized carbons (Fsp3) is 0.500. The number of carbonyl (C=O) groups excluding carboxylic acids is 4. The van der Waals surface area contributed by atoms with Crippen LogP contribution >= 0.6 is 47.5 Å². The minimum atomic E-state index is -0.688. The molecule has 2 saturated heterocycles. The van der Waals surface area contributed by atoms with Gasteiger partial charge in [0, 0.05) is 22.8 Å². The van der Waals surface area contributed by atoms with Gasteiger partial charge in [0.1, 0.15) is 23.7 Å². The third kappa shape index (κ3) is 9.04. The van der Waals surface area contributed by atoms with Gasteiger partial charge in [-0.05, 0) is 61.8 Å². The molecule has 4 atom stereocenters. The zero-order valence-electron chi connectivity index (χ0n) is 31.0. The minimum absolute atomic E-state index is 0. The van der Waals surface area contributed by atoms with Gasteiger partial charge in [-0.3, -0.25) is 9.59 Å². The summed E-state index contributed by atoms with van der Waals surface area (Å²) in [5, 5.41) is 5.39. The van der Waals surface area contributed by atoms with Crippen LogP contribution in [-0.2, 0) is 19.1 Å². The minimum Gasteiger partial charge on any atom is -0.453 e. The Kier molecular flexibility index (Phi) is 14.6. The van der Waals surface area contributed by atoms with Gasteiger partial charge in [-0.2, -0.15) is 0 Å². The number of aromatic nitrogens is 4. The average Bonchev–Trinajstić information content (AvgIpc) is 3.98. The number of nitrogens with one attached hydrogen (secondary N) is 4. The van der Waals surface area contributed by atoms with Crippen LogP contribution in [0.3, 0.4) is 0 Å². The molecule has 2 fully saturated rings. The summed E-state index contributed by atoms with van der Waals surface area (Å²) in [5.41, 5.74) is 1.76. The number of halogens is 2. The molecule has 0 bridgehead atoms. The van der Waals surface area contributed by atoms with Gasteiger partial charge in [-0.25, -0.2) is 19.6 Å². The summed E-state index contributed by atoms with van der Waals surface area (Å²) in [5.74, 6) is 0.968. The summed E-state index contributed by atoms with van der Waals surface area (Å²) in [6, 6.07) is 6.55. The third-order valence-corrected chi connectivity index (χ3v) is 12.1. The van der Waals surface area contributed by atoms with Crippen LogP contribution in [0, 0.1) is 11.8 Å². The topological polar surface area (TPSA) is 175 Å². The maximum atomic E-state index is 13.5. The second-order valence-corrected chi connectivity index (χ2v) is 16.0. The van der Waals surface area contributed by atoms with Gasteiger partial charge in [0.05, 0.1) is 59.8 Å². The predicted octanol–water partition coefficient (Wildman–Crippen LogP) is 7.19. The Balaban J connectivity index is 0.00000325. The van der Waals surface area contributed by atoms with Gasteiger partial charge in [0.15, 0.2) is 0 Å². The number of methoxy groups -OCH3 is 2. The summed E-state index contributed by atoms with van der Waals surface area (Å²) in [6.45, 7) is 8.79. The normalized spacial score (nSPS) is 17.9. The highest BCUT2D eigenvalue weighted by Crippen LogP contribution is 2.41. The van der Waals surface area contributed by atoms with Crippen molar-refractivity contribution in [3.8, 4) is 30.9 Å². The number of rotatable bonds is 11. The van der Waals surface area contributed by atoms with E-state index in [1.165, 1.54) is 14.2 Å². The highest BCUT2D eigenvalue weighted by Gasteiger charge is 2.39. The molecule has 6 heterocycles. The summed E-state index contributed by atoms with van der Waals surface area (Å²) < 4.78 is 9.51. The van der Waals surface area contributed by atoms with E-state index in [9.17, 15) is 19.2 Å². The van der Waals surface area contributed by atoms with Crippen molar-refractivity contribution in [2.75, 3.05) is 27.3 Å². The van der Waals surface area contributed by atoms with Crippen molar-refractivity contribution < 1.29 is 28.7 Å². The molecule has 294 valence electrons. The summed E-state index contributed by atoms with van der Waals surface area (Å²) in [6.07, 6.45) is 5.64. The van der Waals surface area contributed by atoms with Gasteiger partial charge in [-0.15, -0.1) is 47.5 Å². The number of ether oxygens (including phenoxy) is 2. The molecule has 2 aliphatic heterocycles. The fourth-order valence-electron chi connectivity index (χ4n) is 6.88. The largest absolute Gasteiger partial charge is 0.453 e. The maximum absolute atomic E-state index is 13.5. The van der Waals surface area contributed by atoms with E-state index in [1.54, 1.807) is 22.7 Å². The van der Waals surface area contributed by atoms with E-state index in [2.05, 4.69) is 54.8 Å². The molecule has 4 aromatic heterocycles. The van der Waals surface area contributed by atoms with Crippen LogP contribution in [0.1, 0.15) is 77.1 Å². The molecular weight excluding hydrogens is 775 g/mol. The first-order chi connectivity index (χ1) is 25.0. The van der Waals surface area contributed by atoms with Gasteiger partial charge >= 0.3 is 12.2 Å². The Labute approximate surface area is 335 Å². The van der Waals surface area contributed by atoms with Crippen LogP contribution in [0.2, 0.25) is 0 Å². The SMILES string of the molecule is COC(=O)NC(C(=O)N1CCC[C@H]1c1ncc(-c2ccc(-c3ccc(-c4cnc([C@@H]5CCCN5C(=O)[C@@H](NC(=O)OC)C(C)C)[nH]4)s3)s2)[nH]1)C(C)C.Cl.Cl. The zero-order valence-corrected chi connectivity index (χ0v) is 34.3. The molecule has 54 heavy (non-hydrogen) atoms. The van der Waals surface area contributed by atoms with Crippen LogP contribution in [0.4, 0.5) is 9.59 Å². The van der Waals surface area contributed by atoms with E-state index in [4.69, 9.17) is 9.47 Å². The Hall–Kier alpha value is -4.12. The average molecular weight is 824 g/mol. The number of carbonyl (C=O) groups is 4. The lowest BCUT2D eigenvalue weighted by atomic mass is 10.0. The van der Waals surface area contributed by atoms with Crippen molar-refractivity contribution in [1.82, 2.24) is 40.4 Å². The van der Waals surface area contributed by atoms with Crippen LogP contribution in [0.5, 0.6) is 0 Å². The van der Waals surface area contributed by atoms with E-state index >= 15 is 0 Å². The first-order valence-electron chi connectivity index (χ1n) is 17.6. The smallest absolute Gasteiger partial charge is 0.407 e. The molecule has 4 aromatic rings. The number of thiophene rings is 2. The molecular formula is C36H48Cl2N8O6S2. The third-order valence-electron chi connectivity index (χ3n) is 9.66. The van der Waals surface area contributed by atoms with E-state index < -0.39 is 24.3 Å². The molecule has 6 rings (SSSR count). The van der Waals surface area contributed by atoms with Gasteiger partial charge in [0.25, 0.3) is 0 Å². The summed E-state index contributed by atoms with van der Waals surface area (Å²) in [7, 11) is 2.58. The van der Waals surface area contributed by atoms with Gasteiger partial charge in [0.2, 0.25) is 11.8 Å². The fourth-order valence-corrected chi connectivity index (χ4v) is 8.91. The molecule has 0 saturated carbocycles. The maximum Gasteiger partial charge on any atom is 0.407 e. The molecule has 0 aliphatic carbocycles. The molecule has 4 N–H and O–H groups in total. The first-order valence-corrected chi connectivity index (χ1v) is 19.2.